The highest BCUT2D eigenvalue weighted by Gasteiger charge is 2.38. The summed E-state index contributed by atoms with van der Waals surface area (Å²) < 4.78 is 5.25. The average molecular weight is 474 g/mol. The van der Waals surface area contributed by atoms with E-state index in [-0.39, 0.29) is 17.7 Å². The van der Waals surface area contributed by atoms with Crippen molar-refractivity contribution in [3.8, 4) is 0 Å². The van der Waals surface area contributed by atoms with E-state index in [0.29, 0.717) is 57.6 Å². The van der Waals surface area contributed by atoms with Crippen LogP contribution < -0.4 is 5.32 Å². The van der Waals surface area contributed by atoms with Crippen molar-refractivity contribution >= 4 is 28.5 Å². The number of amides is 3. The van der Waals surface area contributed by atoms with E-state index in [0.717, 1.165) is 12.8 Å². The van der Waals surface area contributed by atoms with Crippen molar-refractivity contribution in [2.24, 2.45) is 0 Å². The summed E-state index contributed by atoms with van der Waals surface area (Å²) in [5, 5.41) is 5.57. The van der Waals surface area contributed by atoms with Crippen LogP contribution in [0.15, 0.2) is 65.3 Å². The molecule has 0 unspecified atom stereocenters. The topological polar surface area (TPSA) is 82.9 Å². The molecule has 0 spiro atoms. The van der Waals surface area contributed by atoms with Gasteiger partial charge in [-0.25, -0.2) is 0 Å². The van der Waals surface area contributed by atoms with E-state index in [1.54, 1.807) is 17.0 Å². The van der Waals surface area contributed by atoms with Crippen LogP contribution >= 0.6 is 0 Å². The van der Waals surface area contributed by atoms with Gasteiger partial charge in [0.2, 0.25) is 11.8 Å². The number of hydrogen-bond donors (Lipinski definition) is 1. The number of carbonyl (C=O) groups is 3. The van der Waals surface area contributed by atoms with E-state index in [1.807, 2.05) is 17.0 Å². The second-order valence-electron chi connectivity index (χ2n) is 9.69. The summed E-state index contributed by atoms with van der Waals surface area (Å²) in [5.41, 5.74) is 0.766. The number of hydrogen-bond acceptors (Lipinski definition) is 4. The van der Waals surface area contributed by atoms with Crippen LogP contribution in [-0.2, 0) is 16.0 Å². The Kier molecular flexibility index (Phi) is 6.57. The van der Waals surface area contributed by atoms with Crippen LogP contribution in [0.3, 0.4) is 0 Å². The van der Waals surface area contributed by atoms with E-state index < -0.39 is 5.54 Å². The highest BCUT2D eigenvalue weighted by atomic mass is 16.3. The summed E-state index contributed by atoms with van der Waals surface area (Å²) in [6.07, 6.45) is 5.15. The quantitative estimate of drug-likeness (QED) is 0.591. The molecule has 1 aromatic heterocycles. The second-order valence-corrected chi connectivity index (χ2v) is 9.69. The predicted octanol–water partition coefficient (Wildman–Crippen LogP) is 3.78. The zero-order valence-electron chi connectivity index (χ0n) is 19.9. The molecule has 35 heavy (non-hydrogen) atoms. The molecule has 1 N–H and O–H groups in total. The molecule has 5 rings (SSSR count). The van der Waals surface area contributed by atoms with Crippen molar-refractivity contribution in [3.05, 3.63) is 72.2 Å². The van der Waals surface area contributed by atoms with Crippen molar-refractivity contribution in [3.63, 3.8) is 0 Å². The normalized spacial score (nSPS) is 20.6. The van der Waals surface area contributed by atoms with Gasteiger partial charge in [0.25, 0.3) is 5.91 Å². The minimum absolute atomic E-state index is 0.0556. The zero-order valence-corrected chi connectivity index (χ0v) is 19.9. The molecule has 0 saturated carbocycles. The molecule has 1 atom stereocenters. The number of nitrogens with one attached hydrogen (secondary N) is 1. The SMILES string of the molecule is O=C1CC[C@@](CCC(=O)N2CCCN(C(=O)c3ccco3)CC2)(Cc2ccc3ccccc3c2)N1. The van der Waals surface area contributed by atoms with Crippen molar-refractivity contribution in [1.82, 2.24) is 15.1 Å². The Morgan fingerprint density at radius 3 is 2.51 bits per heavy atom. The van der Waals surface area contributed by atoms with E-state index >= 15 is 0 Å². The highest BCUT2D eigenvalue weighted by Crippen LogP contribution is 2.31. The molecule has 0 radical (unpaired) electrons. The van der Waals surface area contributed by atoms with Crippen LogP contribution in [0.2, 0.25) is 0 Å². The van der Waals surface area contributed by atoms with E-state index in [9.17, 15) is 14.4 Å². The van der Waals surface area contributed by atoms with Crippen molar-refractivity contribution < 1.29 is 18.8 Å². The summed E-state index contributed by atoms with van der Waals surface area (Å²) >= 11 is 0. The minimum Gasteiger partial charge on any atom is -0.459 e. The second kappa shape index (κ2) is 9.94. The predicted molar refractivity (Wildman–Crippen MR) is 133 cm³/mol. The fourth-order valence-corrected chi connectivity index (χ4v) is 5.35. The largest absolute Gasteiger partial charge is 0.459 e. The smallest absolute Gasteiger partial charge is 0.289 e. The molecule has 3 heterocycles. The highest BCUT2D eigenvalue weighted by molar-refractivity contribution is 5.91. The first-order valence-corrected chi connectivity index (χ1v) is 12.4. The fraction of sp³-hybridized carbons (Fsp3) is 0.393. The van der Waals surface area contributed by atoms with Gasteiger partial charge in [-0.05, 0) is 54.2 Å². The van der Waals surface area contributed by atoms with Crippen LogP contribution in [0.1, 0.15) is 48.2 Å². The number of fused-ring (bicyclic) bond motifs is 1. The summed E-state index contributed by atoms with van der Waals surface area (Å²) in [7, 11) is 0. The Hall–Kier alpha value is -3.61. The number of furan rings is 1. The third-order valence-electron chi connectivity index (χ3n) is 7.28. The Bertz CT molecular complexity index is 1220. The van der Waals surface area contributed by atoms with Crippen LogP contribution in [0.4, 0.5) is 0 Å². The fourth-order valence-electron chi connectivity index (χ4n) is 5.35. The van der Waals surface area contributed by atoms with Crippen molar-refractivity contribution in [2.45, 2.75) is 44.1 Å². The minimum atomic E-state index is -0.400. The lowest BCUT2D eigenvalue weighted by molar-refractivity contribution is -0.131. The van der Waals surface area contributed by atoms with E-state index in [2.05, 4.69) is 35.6 Å². The summed E-state index contributed by atoms with van der Waals surface area (Å²) in [6, 6.07) is 18.0. The van der Waals surface area contributed by atoms with Crippen LogP contribution in [0.25, 0.3) is 10.8 Å². The molecule has 7 heteroatoms. The lowest BCUT2D eigenvalue weighted by Gasteiger charge is -2.31. The summed E-state index contributed by atoms with van der Waals surface area (Å²) in [5.74, 6) is 0.334. The molecular weight excluding hydrogens is 442 g/mol. The molecule has 2 aliphatic heterocycles. The molecule has 182 valence electrons. The molecule has 3 aromatic rings. The molecular formula is C28H31N3O4. The van der Waals surface area contributed by atoms with Gasteiger partial charge in [0, 0.05) is 44.6 Å². The lowest BCUT2D eigenvalue weighted by atomic mass is 9.84. The Balaban J connectivity index is 1.21. The maximum absolute atomic E-state index is 13.2. The van der Waals surface area contributed by atoms with Crippen LogP contribution in [0, 0.1) is 0 Å². The van der Waals surface area contributed by atoms with Gasteiger partial charge in [-0.1, -0.05) is 42.5 Å². The summed E-state index contributed by atoms with van der Waals surface area (Å²) in [4.78, 5) is 41.6. The number of benzene rings is 2. The Labute approximate surface area is 205 Å². The average Bonchev–Trinajstić information content (AvgIpc) is 3.46. The van der Waals surface area contributed by atoms with Gasteiger partial charge in [0.1, 0.15) is 0 Å². The maximum atomic E-state index is 13.2. The summed E-state index contributed by atoms with van der Waals surface area (Å²) in [6.45, 7) is 2.23. The van der Waals surface area contributed by atoms with Gasteiger partial charge in [0.15, 0.2) is 5.76 Å². The van der Waals surface area contributed by atoms with Gasteiger partial charge in [-0.15, -0.1) is 0 Å². The van der Waals surface area contributed by atoms with Gasteiger partial charge in [-0.3, -0.25) is 14.4 Å². The van der Waals surface area contributed by atoms with Crippen molar-refractivity contribution in [1.29, 1.82) is 0 Å². The first-order chi connectivity index (χ1) is 17.0. The number of rotatable bonds is 6. The third-order valence-corrected chi connectivity index (χ3v) is 7.28. The number of carbonyl (C=O) groups excluding carboxylic acids is 3. The first-order valence-electron chi connectivity index (χ1n) is 12.4. The van der Waals surface area contributed by atoms with Gasteiger partial charge in [0.05, 0.1) is 6.26 Å². The van der Waals surface area contributed by atoms with E-state index in [1.165, 1.54) is 22.6 Å². The zero-order chi connectivity index (χ0) is 24.3. The number of nitrogens with zero attached hydrogens (tertiary/aromatic N) is 2. The molecule has 0 bridgehead atoms. The Morgan fingerprint density at radius 2 is 1.74 bits per heavy atom. The van der Waals surface area contributed by atoms with Gasteiger partial charge in [-0.2, -0.15) is 0 Å². The standard InChI is InChI=1S/C28H31N3O4/c32-25-10-12-28(29-25,20-21-8-9-22-5-1-2-6-23(22)19-21)13-11-26(33)30-14-4-15-31(17-16-30)27(34)24-7-3-18-35-24/h1-3,5-9,18-19H,4,10-17,20H2,(H,29,32)/t28-/m1/s1. The monoisotopic (exact) mass is 473 g/mol. The van der Waals surface area contributed by atoms with Crippen molar-refractivity contribution in [2.75, 3.05) is 26.2 Å². The van der Waals surface area contributed by atoms with Crippen LogP contribution in [-0.4, -0.2) is 59.2 Å². The molecule has 2 saturated heterocycles. The lowest BCUT2D eigenvalue weighted by Crippen LogP contribution is -2.45. The third kappa shape index (κ3) is 5.24. The van der Waals surface area contributed by atoms with Crippen LogP contribution in [0.5, 0.6) is 0 Å². The molecule has 3 amide bonds. The molecule has 0 aliphatic carbocycles. The van der Waals surface area contributed by atoms with Gasteiger partial charge < -0.3 is 19.5 Å². The van der Waals surface area contributed by atoms with E-state index in [4.69, 9.17) is 4.42 Å². The first kappa shape index (κ1) is 23.1. The van der Waals surface area contributed by atoms with Gasteiger partial charge >= 0.3 is 0 Å². The molecule has 2 aromatic carbocycles. The molecule has 2 fully saturated rings. The maximum Gasteiger partial charge on any atom is 0.289 e. The Morgan fingerprint density at radius 1 is 0.943 bits per heavy atom. The molecule has 2 aliphatic rings. The molecule has 7 nitrogen and oxygen atoms in total.